The molecule has 0 aliphatic rings. The summed E-state index contributed by atoms with van der Waals surface area (Å²) >= 11 is 1.36. The van der Waals surface area contributed by atoms with Crippen molar-refractivity contribution >= 4 is 53.2 Å². The lowest BCUT2D eigenvalue weighted by Crippen LogP contribution is -2.56. The number of benzene rings is 1. The molecule has 0 radical (unpaired) electrons. The van der Waals surface area contributed by atoms with Crippen molar-refractivity contribution in [1.29, 1.82) is 0 Å². The largest absolute Gasteiger partial charge is 0.508 e. The Kier molecular flexibility index (Phi) is 14.7. The third-order valence-electron chi connectivity index (χ3n) is 5.47. The van der Waals surface area contributed by atoms with Crippen molar-refractivity contribution in [3.8, 4) is 5.75 Å². The zero-order valence-electron chi connectivity index (χ0n) is 22.3. The molecule has 0 fully saturated rings. The van der Waals surface area contributed by atoms with Crippen molar-refractivity contribution in [2.24, 2.45) is 17.2 Å². The van der Waals surface area contributed by atoms with Gasteiger partial charge in [0.2, 0.25) is 35.4 Å². The number of rotatable bonds is 18. The Morgan fingerprint density at radius 3 is 1.95 bits per heavy atom. The predicted molar refractivity (Wildman–Crippen MR) is 147 cm³/mol. The van der Waals surface area contributed by atoms with E-state index in [1.807, 2.05) is 0 Å². The second-order valence-corrected chi connectivity index (χ2v) is 9.88. The van der Waals surface area contributed by atoms with E-state index < -0.39 is 85.0 Å². The monoisotopic (exact) mass is 597 g/mol. The first-order chi connectivity index (χ1) is 19.2. The van der Waals surface area contributed by atoms with Crippen molar-refractivity contribution in [1.82, 2.24) is 21.3 Å². The summed E-state index contributed by atoms with van der Waals surface area (Å²) in [6, 6.07) is 0.391. The molecular formula is C24H35N7O9S. The second kappa shape index (κ2) is 17.3. The third-order valence-corrected chi connectivity index (χ3v) is 6.12. The topological polar surface area (TPSA) is 286 Å². The molecule has 0 spiro atoms. The standard InChI is InChI=1S/C24H35N7O9S/c1-41-7-6-15(23(38)31-17(24(39)40)10-19(27)34)29-20(35)11-28-22(37)16(8-12-2-4-13(32)5-3-12)30-21(36)14(25)9-18(26)33/h2-5,14-17,32H,6-11,25H2,1H3,(H2,26,33)(H2,27,34)(H,28,37)(H,29,35)(H,30,36)(H,31,38)(H,39,40)/t14-,15-,16-,17-/m0/s1. The molecule has 0 aliphatic carbocycles. The van der Waals surface area contributed by atoms with Crippen LogP contribution in [0.1, 0.15) is 24.8 Å². The average Bonchev–Trinajstić information content (AvgIpc) is 2.89. The molecule has 0 heterocycles. The van der Waals surface area contributed by atoms with E-state index in [1.54, 1.807) is 6.26 Å². The van der Waals surface area contributed by atoms with Crippen LogP contribution in [-0.4, -0.2) is 94.3 Å². The van der Waals surface area contributed by atoms with Crippen LogP contribution < -0.4 is 38.5 Å². The molecule has 0 aliphatic heterocycles. The summed E-state index contributed by atoms with van der Waals surface area (Å²) in [6.45, 7) is -0.624. The minimum Gasteiger partial charge on any atom is -0.508 e. The van der Waals surface area contributed by atoms with Crippen molar-refractivity contribution in [3.05, 3.63) is 29.8 Å². The van der Waals surface area contributed by atoms with E-state index >= 15 is 0 Å². The molecule has 1 rings (SSSR count). The maximum Gasteiger partial charge on any atom is 0.326 e. The highest BCUT2D eigenvalue weighted by Gasteiger charge is 2.29. The summed E-state index contributed by atoms with van der Waals surface area (Å²) in [5, 5.41) is 28.0. The molecule has 0 aromatic heterocycles. The normalized spacial score (nSPS) is 13.5. The Morgan fingerprint density at radius 2 is 1.41 bits per heavy atom. The first-order valence-corrected chi connectivity index (χ1v) is 13.6. The van der Waals surface area contributed by atoms with Crippen molar-refractivity contribution in [2.45, 2.75) is 49.9 Å². The number of phenolic OH excluding ortho intramolecular Hbond substituents is 1. The van der Waals surface area contributed by atoms with Gasteiger partial charge in [-0.3, -0.25) is 28.8 Å². The van der Waals surface area contributed by atoms with Crippen LogP contribution >= 0.6 is 11.8 Å². The number of phenols is 1. The van der Waals surface area contributed by atoms with Gasteiger partial charge >= 0.3 is 5.97 Å². The molecular weight excluding hydrogens is 562 g/mol. The third kappa shape index (κ3) is 13.5. The smallest absolute Gasteiger partial charge is 0.326 e. The Labute approximate surface area is 239 Å². The van der Waals surface area contributed by atoms with Gasteiger partial charge in [-0.2, -0.15) is 11.8 Å². The number of hydrogen-bond donors (Lipinski definition) is 9. The fourth-order valence-electron chi connectivity index (χ4n) is 3.38. The van der Waals surface area contributed by atoms with Crippen LogP contribution in [0, 0.1) is 0 Å². The van der Waals surface area contributed by atoms with E-state index in [-0.39, 0.29) is 18.6 Å². The lowest BCUT2D eigenvalue weighted by Gasteiger charge is -2.22. The average molecular weight is 598 g/mol. The number of thioether (sulfide) groups is 1. The first kappa shape index (κ1) is 34.6. The Morgan fingerprint density at radius 1 is 0.829 bits per heavy atom. The Bertz CT molecular complexity index is 1120. The number of aromatic hydroxyl groups is 1. The molecule has 0 saturated heterocycles. The molecule has 6 amide bonds. The molecule has 41 heavy (non-hydrogen) atoms. The summed E-state index contributed by atoms with van der Waals surface area (Å²) in [5.41, 5.74) is 16.3. The number of carboxylic acid groups (broad SMARTS) is 1. The van der Waals surface area contributed by atoms with Gasteiger partial charge in [0.05, 0.1) is 25.4 Å². The van der Waals surface area contributed by atoms with E-state index in [2.05, 4.69) is 21.3 Å². The summed E-state index contributed by atoms with van der Waals surface area (Å²) in [6.07, 6.45) is 0.661. The minimum absolute atomic E-state index is 0.0247. The molecule has 0 bridgehead atoms. The fraction of sp³-hybridized carbons (Fsp3) is 0.458. The zero-order valence-corrected chi connectivity index (χ0v) is 23.1. The number of carboxylic acids is 1. The predicted octanol–water partition coefficient (Wildman–Crippen LogP) is -3.58. The van der Waals surface area contributed by atoms with Gasteiger partial charge in [0.25, 0.3) is 0 Å². The Balaban J connectivity index is 2.93. The summed E-state index contributed by atoms with van der Waals surface area (Å²) in [5.74, 6) is -6.20. The zero-order chi connectivity index (χ0) is 31.1. The molecule has 0 unspecified atom stereocenters. The molecule has 1 aromatic rings. The number of nitrogens with two attached hydrogens (primary N) is 3. The van der Waals surface area contributed by atoms with Crippen molar-refractivity contribution in [3.63, 3.8) is 0 Å². The number of carbonyl (C=O) groups is 7. The molecule has 1 aromatic carbocycles. The van der Waals surface area contributed by atoms with E-state index in [0.29, 0.717) is 11.3 Å². The van der Waals surface area contributed by atoms with Gasteiger partial charge in [-0.1, -0.05) is 12.1 Å². The molecule has 4 atom stereocenters. The van der Waals surface area contributed by atoms with Crippen LogP contribution in [0.15, 0.2) is 24.3 Å². The first-order valence-electron chi connectivity index (χ1n) is 12.2. The van der Waals surface area contributed by atoms with Gasteiger partial charge in [0.1, 0.15) is 23.9 Å². The molecule has 12 N–H and O–H groups in total. The summed E-state index contributed by atoms with van der Waals surface area (Å²) in [4.78, 5) is 84.2. The van der Waals surface area contributed by atoms with E-state index in [0.717, 1.165) is 0 Å². The van der Waals surface area contributed by atoms with Crippen LogP contribution in [0.25, 0.3) is 0 Å². The highest BCUT2D eigenvalue weighted by molar-refractivity contribution is 7.98. The summed E-state index contributed by atoms with van der Waals surface area (Å²) in [7, 11) is 0. The quantitative estimate of drug-likeness (QED) is 0.0797. The highest BCUT2D eigenvalue weighted by atomic mass is 32.2. The van der Waals surface area contributed by atoms with Crippen molar-refractivity contribution < 1.29 is 43.8 Å². The van der Waals surface area contributed by atoms with Crippen LogP contribution in [-0.2, 0) is 40.0 Å². The fourth-order valence-corrected chi connectivity index (χ4v) is 3.85. The van der Waals surface area contributed by atoms with Crippen molar-refractivity contribution in [2.75, 3.05) is 18.6 Å². The van der Waals surface area contributed by atoms with Crippen LogP contribution in [0.5, 0.6) is 5.75 Å². The molecule has 17 heteroatoms. The van der Waals surface area contributed by atoms with Crippen LogP contribution in [0.3, 0.4) is 0 Å². The Hall–Kier alpha value is -4.38. The molecule has 226 valence electrons. The van der Waals surface area contributed by atoms with Gasteiger partial charge in [0, 0.05) is 6.42 Å². The number of aliphatic carboxylic acids is 1. The van der Waals surface area contributed by atoms with E-state index in [4.69, 9.17) is 17.2 Å². The molecule has 16 nitrogen and oxygen atoms in total. The maximum absolute atomic E-state index is 12.9. The SMILES string of the molecule is CSCC[C@H](NC(=O)CNC(=O)[C@H](Cc1ccc(O)cc1)NC(=O)[C@@H](N)CC(N)=O)C(=O)N[C@@H](CC(N)=O)C(=O)O. The highest BCUT2D eigenvalue weighted by Crippen LogP contribution is 2.12. The van der Waals surface area contributed by atoms with Gasteiger partial charge < -0.3 is 48.7 Å². The second-order valence-electron chi connectivity index (χ2n) is 8.90. The van der Waals surface area contributed by atoms with Gasteiger partial charge in [-0.15, -0.1) is 0 Å². The van der Waals surface area contributed by atoms with Crippen LogP contribution in [0.4, 0.5) is 0 Å². The number of amides is 6. The number of nitrogens with one attached hydrogen (secondary N) is 4. The van der Waals surface area contributed by atoms with E-state index in [1.165, 1.54) is 36.0 Å². The lowest BCUT2D eigenvalue weighted by molar-refractivity contribution is -0.143. The van der Waals surface area contributed by atoms with Gasteiger partial charge in [0.15, 0.2) is 0 Å². The number of hydrogen-bond acceptors (Lipinski definition) is 10. The number of primary amides is 2. The molecule has 0 saturated carbocycles. The summed E-state index contributed by atoms with van der Waals surface area (Å²) < 4.78 is 0. The van der Waals surface area contributed by atoms with Crippen LogP contribution in [0.2, 0.25) is 0 Å². The number of carbonyl (C=O) groups excluding carboxylic acids is 6. The van der Waals surface area contributed by atoms with Gasteiger partial charge in [-0.05, 0) is 36.1 Å². The van der Waals surface area contributed by atoms with Gasteiger partial charge in [-0.25, -0.2) is 4.79 Å². The minimum atomic E-state index is -1.60. The lowest BCUT2D eigenvalue weighted by atomic mass is 10.0. The van der Waals surface area contributed by atoms with E-state index in [9.17, 15) is 43.8 Å². The maximum atomic E-state index is 12.9.